The molecule has 0 amide bonds. The molecule has 0 fully saturated rings. The van der Waals surface area contributed by atoms with Gasteiger partial charge in [-0.3, -0.25) is 0 Å². The van der Waals surface area contributed by atoms with E-state index in [2.05, 4.69) is 29.4 Å². The average Bonchev–Trinajstić information content (AvgIpc) is 1.68. The van der Waals surface area contributed by atoms with E-state index in [1.165, 1.54) is 13.7 Å². The van der Waals surface area contributed by atoms with E-state index < -0.39 is 0 Å². The van der Waals surface area contributed by atoms with Crippen LogP contribution in [0.3, 0.4) is 0 Å². The summed E-state index contributed by atoms with van der Waals surface area (Å²) < 4.78 is 0. The van der Waals surface area contributed by atoms with Gasteiger partial charge >= 0.3 is 0 Å². The summed E-state index contributed by atoms with van der Waals surface area (Å²) in [5, 5.41) is 0.583. The van der Waals surface area contributed by atoms with Crippen LogP contribution in [0.5, 0.6) is 0 Å². The second-order valence-electron chi connectivity index (χ2n) is 2.87. The van der Waals surface area contributed by atoms with Crippen molar-refractivity contribution >= 4 is 23.0 Å². The lowest BCUT2D eigenvalue weighted by atomic mass is 9.33. The van der Waals surface area contributed by atoms with Gasteiger partial charge in [-0.05, 0) is 0 Å². The van der Waals surface area contributed by atoms with E-state index in [0.29, 0.717) is 5.11 Å². The highest BCUT2D eigenvalue weighted by Gasteiger charge is 2.11. The molecule has 0 bridgehead atoms. The molecule has 0 heterocycles. The fourth-order valence-corrected chi connectivity index (χ4v) is 0.250. The predicted octanol–water partition coefficient (Wildman–Crippen LogP) is -0.779. The van der Waals surface area contributed by atoms with Gasteiger partial charge in [-0.15, -0.1) is 5.11 Å². The molecule has 0 aromatic heterocycles. The van der Waals surface area contributed by atoms with Gasteiger partial charge in [0.2, 0.25) is 0 Å². The fourth-order valence-electron chi connectivity index (χ4n) is 0.250. The second-order valence-corrected chi connectivity index (χ2v) is 2.87. The Bertz CT molecular complexity index is 44.9. The summed E-state index contributed by atoms with van der Waals surface area (Å²) >= 11 is 0. The van der Waals surface area contributed by atoms with Crippen LogP contribution in [0.25, 0.3) is 0 Å². The Morgan fingerprint density at radius 3 is 2.00 bits per heavy atom. The molecular formula is C4H13B3. The van der Waals surface area contributed by atoms with Crippen LogP contribution < -0.4 is 0 Å². The Balaban J connectivity index is 3.36. The number of rotatable bonds is 2. The van der Waals surface area contributed by atoms with Crippen LogP contribution in [0.4, 0.5) is 0 Å². The minimum absolute atomic E-state index is 0.583. The van der Waals surface area contributed by atoms with Gasteiger partial charge in [0.25, 0.3) is 0 Å². The van der Waals surface area contributed by atoms with Crippen LogP contribution in [0.2, 0.25) is 11.9 Å². The Morgan fingerprint density at radius 1 is 1.57 bits per heavy atom. The standard InChI is InChI=1S/C4H13B3/c1-3-4(5,6)7-2/h7H,3,5-6H2,1-2H3. The Morgan fingerprint density at radius 2 is 2.00 bits per heavy atom. The van der Waals surface area contributed by atoms with Gasteiger partial charge in [-0.25, -0.2) is 0 Å². The maximum atomic E-state index is 2.30. The van der Waals surface area contributed by atoms with Crippen LogP contribution >= 0.6 is 0 Å². The molecule has 0 radical (unpaired) electrons. The zero-order valence-electron chi connectivity index (χ0n) is 5.91. The predicted molar refractivity (Wildman–Crippen MR) is 43.1 cm³/mol. The third-order valence-electron chi connectivity index (χ3n) is 1.91. The van der Waals surface area contributed by atoms with Gasteiger partial charge in [-0.2, -0.15) is 0 Å². The van der Waals surface area contributed by atoms with Crippen molar-refractivity contribution in [1.82, 2.24) is 0 Å². The van der Waals surface area contributed by atoms with Crippen molar-refractivity contribution in [2.24, 2.45) is 0 Å². The Kier molecular flexibility index (Phi) is 2.56. The summed E-state index contributed by atoms with van der Waals surface area (Å²) in [7, 11) is 5.89. The van der Waals surface area contributed by atoms with Gasteiger partial charge < -0.3 is 0 Å². The van der Waals surface area contributed by atoms with Crippen LogP contribution in [0.1, 0.15) is 13.3 Å². The van der Waals surface area contributed by atoms with Crippen LogP contribution in [-0.4, -0.2) is 23.0 Å². The van der Waals surface area contributed by atoms with Crippen molar-refractivity contribution < 1.29 is 0 Å². The first-order valence-corrected chi connectivity index (χ1v) is 3.12. The lowest BCUT2D eigenvalue weighted by molar-refractivity contribution is 0.947. The summed E-state index contributed by atoms with van der Waals surface area (Å²) in [6.07, 6.45) is 1.30. The molecule has 0 aromatic carbocycles. The van der Waals surface area contributed by atoms with Gasteiger partial charge in [-0.1, -0.05) is 20.2 Å². The van der Waals surface area contributed by atoms with E-state index in [4.69, 9.17) is 0 Å². The summed E-state index contributed by atoms with van der Waals surface area (Å²) in [5.74, 6) is 0. The quantitative estimate of drug-likeness (QED) is 0.393. The molecule has 0 N–H and O–H groups in total. The average molecular weight is 93.6 g/mol. The first-order chi connectivity index (χ1) is 3.12. The van der Waals surface area contributed by atoms with E-state index in [1.807, 2.05) is 0 Å². The normalized spacial score (nSPS) is 11.1. The van der Waals surface area contributed by atoms with E-state index in [1.54, 1.807) is 0 Å². The summed E-state index contributed by atoms with van der Waals surface area (Å²) in [6.45, 7) is 4.48. The van der Waals surface area contributed by atoms with E-state index in [9.17, 15) is 0 Å². The summed E-state index contributed by atoms with van der Waals surface area (Å²) in [4.78, 5) is 0. The topological polar surface area (TPSA) is 0 Å². The van der Waals surface area contributed by atoms with Crippen LogP contribution in [0.15, 0.2) is 0 Å². The number of hydrogen-bond acceptors (Lipinski definition) is 0. The number of hydrogen-bond donors (Lipinski definition) is 0. The molecular weight excluding hydrogens is 80.5 g/mol. The molecule has 0 saturated heterocycles. The molecule has 0 aliphatic carbocycles. The lowest BCUT2D eigenvalue weighted by Crippen LogP contribution is -2.17. The molecule has 7 heavy (non-hydrogen) atoms. The minimum atomic E-state index is 0.583. The summed E-state index contributed by atoms with van der Waals surface area (Å²) in [6, 6.07) is 0. The Labute approximate surface area is 49.1 Å². The smallest absolute Gasteiger partial charge is 0.107 e. The van der Waals surface area contributed by atoms with Crippen molar-refractivity contribution in [3.05, 3.63) is 0 Å². The monoisotopic (exact) mass is 94.1 g/mol. The van der Waals surface area contributed by atoms with Crippen molar-refractivity contribution in [3.8, 4) is 0 Å². The highest BCUT2D eigenvalue weighted by molar-refractivity contribution is 6.67. The molecule has 0 atom stereocenters. The highest BCUT2D eigenvalue weighted by Crippen LogP contribution is 2.16. The zero-order chi connectivity index (χ0) is 5.91. The molecule has 3 heteroatoms. The second kappa shape index (κ2) is 2.49. The van der Waals surface area contributed by atoms with Crippen molar-refractivity contribution in [2.45, 2.75) is 25.3 Å². The molecule has 0 unspecified atom stereocenters. The van der Waals surface area contributed by atoms with Crippen molar-refractivity contribution in [2.75, 3.05) is 0 Å². The van der Waals surface area contributed by atoms with Crippen molar-refractivity contribution in [1.29, 1.82) is 0 Å². The lowest BCUT2D eigenvalue weighted by Gasteiger charge is -2.17. The van der Waals surface area contributed by atoms with E-state index in [0.717, 1.165) is 0 Å². The fraction of sp³-hybridized carbons (Fsp3) is 1.00. The largest absolute Gasteiger partial charge is 0.109 e. The van der Waals surface area contributed by atoms with Crippen molar-refractivity contribution in [3.63, 3.8) is 0 Å². The first kappa shape index (κ1) is 7.19. The van der Waals surface area contributed by atoms with E-state index >= 15 is 0 Å². The third kappa shape index (κ3) is 2.84. The summed E-state index contributed by atoms with van der Waals surface area (Å²) in [5.41, 5.74) is 0. The molecule has 0 rings (SSSR count). The molecule has 0 aliphatic rings. The molecule has 38 valence electrons. The molecule has 0 spiro atoms. The van der Waals surface area contributed by atoms with Gasteiger partial charge in [0.15, 0.2) is 0 Å². The molecule has 0 nitrogen and oxygen atoms in total. The van der Waals surface area contributed by atoms with Crippen LogP contribution in [-0.2, 0) is 0 Å². The molecule has 0 saturated carbocycles. The minimum Gasteiger partial charge on any atom is -0.109 e. The first-order valence-electron chi connectivity index (χ1n) is 3.12. The van der Waals surface area contributed by atoms with E-state index in [-0.39, 0.29) is 0 Å². The third-order valence-corrected chi connectivity index (χ3v) is 1.91. The maximum Gasteiger partial charge on any atom is 0.107 e. The molecule has 0 aromatic rings. The van der Waals surface area contributed by atoms with Gasteiger partial charge in [0.1, 0.15) is 7.28 Å². The molecule has 0 aliphatic heterocycles. The highest BCUT2D eigenvalue weighted by atomic mass is 13.8. The maximum absolute atomic E-state index is 2.30. The van der Waals surface area contributed by atoms with Gasteiger partial charge in [0, 0.05) is 0 Å². The van der Waals surface area contributed by atoms with Gasteiger partial charge in [0.05, 0.1) is 15.7 Å². The Hall–Kier alpha value is 0.195. The SMILES string of the molecule is BC(B)(BC)CC. The van der Waals surface area contributed by atoms with Crippen LogP contribution in [0, 0.1) is 0 Å². The zero-order valence-corrected chi connectivity index (χ0v) is 5.91.